The zero-order chi connectivity index (χ0) is 36.2. The van der Waals surface area contributed by atoms with Gasteiger partial charge in [0.1, 0.15) is 34.4 Å². The van der Waals surface area contributed by atoms with Crippen molar-refractivity contribution >= 4 is 115 Å². The maximum atomic E-state index is 10.1. The van der Waals surface area contributed by atoms with Gasteiger partial charge in [0.25, 0.3) is 0 Å². The van der Waals surface area contributed by atoms with E-state index in [-0.39, 0.29) is 5.71 Å². The Labute approximate surface area is 313 Å². The van der Waals surface area contributed by atoms with Gasteiger partial charge in [0.15, 0.2) is 5.84 Å². The molecule has 0 aliphatic heterocycles. The zero-order valence-electron chi connectivity index (χ0n) is 29.4. The van der Waals surface area contributed by atoms with Gasteiger partial charge in [-0.25, -0.2) is 4.99 Å². The second-order valence-electron chi connectivity index (χ2n) is 14.2. The summed E-state index contributed by atoms with van der Waals surface area (Å²) in [5, 5.41) is 24.8. The minimum atomic E-state index is 0.267. The lowest BCUT2D eigenvalue weighted by molar-refractivity contribution is 0.616. The Hall–Kier alpha value is -7.50. The number of hydrogen-bond donors (Lipinski definition) is 1. The van der Waals surface area contributed by atoms with Crippen molar-refractivity contribution < 1.29 is 8.83 Å². The SMILES string of the molecule is N=C(/C(=N\c1coc2ccccc12)n1c2ccc3ccccc3c2c2c3c4ccccc4c4ccccc4c3ccc21)c1ccc2c(c1)oc1ccccc12. The normalized spacial score (nSPS) is 12.5. The predicted molar refractivity (Wildman–Crippen MR) is 229 cm³/mol. The summed E-state index contributed by atoms with van der Waals surface area (Å²) in [6, 6.07) is 56.9. The highest BCUT2D eigenvalue weighted by Crippen LogP contribution is 2.45. The monoisotopic (exact) mass is 703 g/mol. The number of aliphatic imine (C=N–C) groups is 1. The van der Waals surface area contributed by atoms with E-state index in [1.54, 1.807) is 6.26 Å². The topological polar surface area (TPSA) is 67.4 Å². The first-order valence-corrected chi connectivity index (χ1v) is 18.5. The third-order valence-electron chi connectivity index (χ3n) is 11.3. The number of nitrogens with one attached hydrogen (secondary N) is 1. The second kappa shape index (κ2) is 11.3. The number of aromatic nitrogens is 1. The van der Waals surface area contributed by atoms with Crippen LogP contribution in [-0.4, -0.2) is 16.1 Å². The van der Waals surface area contributed by atoms with Gasteiger partial charge >= 0.3 is 0 Å². The molecule has 1 N–H and O–H groups in total. The molecule has 256 valence electrons. The number of hydrogen-bond acceptors (Lipinski definition) is 4. The van der Waals surface area contributed by atoms with Crippen LogP contribution in [0, 0.1) is 5.41 Å². The quantitative estimate of drug-likeness (QED) is 0.113. The fourth-order valence-electron chi connectivity index (χ4n) is 8.88. The zero-order valence-corrected chi connectivity index (χ0v) is 29.4. The summed E-state index contributed by atoms with van der Waals surface area (Å²) in [5.41, 5.74) is 5.87. The maximum Gasteiger partial charge on any atom is 0.164 e. The van der Waals surface area contributed by atoms with Crippen molar-refractivity contribution in [2.45, 2.75) is 0 Å². The summed E-state index contributed by atoms with van der Waals surface area (Å²) in [6.45, 7) is 0. The molecule has 0 saturated heterocycles. The Morgan fingerprint density at radius 1 is 0.455 bits per heavy atom. The Balaban J connectivity index is 1.24. The molecule has 55 heavy (non-hydrogen) atoms. The van der Waals surface area contributed by atoms with E-state index < -0.39 is 0 Å². The lowest BCUT2D eigenvalue weighted by atomic mass is 9.91. The molecule has 0 radical (unpaired) electrons. The Morgan fingerprint density at radius 3 is 1.82 bits per heavy atom. The van der Waals surface area contributed by atoms with Crippen LogP contribution in [0.5, 0.6) is 0 Å². The van der Waals surface area contributed by atoms with Crippen LogP contribution in [0.3, 0.4) is 0 Å². The van der Waals surface area contributed by atoms with Crippen molar-refractivity contribution in [1.82, 2.24) is 4.57 Å². The summed E-state index contributed by atoms with van der Waals surface area (Å²) in [6.07, 6.45) is 1.69. The second-order valence-corrected chi connectivity index (χ2v) is 14.2. The van der Waals surface area contributed by atoms with Crippen molar-refractivity contribution in [1.29, 1.82) is 5.41 Å². The highest BCUT2D eigenvalue weighted by molar-refractivity contribution is 6.51. The molecule has 0 atom stereocenters. The van der Waals surface area contributed by atoms with Gasteiger partial charge in [0.2, 0.25) is 0 Å². The van der Waals surface area contributed by atoms with E-state index in [0.717, 1.165) is 65.5 Å². The first-order valence-electron chi connectivity index (χ1n) is 18.5. The molecule has 0 aliphatic carbocycles. The van der Waals surface area contributed by atoms with E-state index >= 15 is 0 Å². The van der Waals surface area contributed by atoms with Gasteiger partial charge in [-0.15, -0.1) is 0 Å². The Kier molecular flexibility index (Phi) is 6.14. The molecule has 0 spiro atoms. The molecule has 0 bridgehead atoms. The van der Waals surface area contributed by atoms with Crippen molar-refractivity contribution in [2.24, 2.45) is 4.99 Å². The lowest BCUT2D eigenvalue weighted by Crippen LogP contribution is -2.23. The summed E-state index contributed by atoms with van der Waals surface area (Å²) < 4.78 is 14.5. The van der Waals surface area contributed by atoms with Crippen molar-refractivity contribution in [3.8, 4) is 0 Å². The lowest BCUT2D eigenvalue weighted by Gasteiger charge is -2.15. The molecule has 0 aliphatic rings. The van der Waals surface area contributed by atoms with Gasteiger partial charge < -0.3 is 8.83 Å². The Morgan fingerprint density at radius 2 is 1.02 bits per heavy atom. The van der Waals surface area contributed by atoms with Gasteiger partial charge in [0.05, 0.1) is 11.0 Å². The highest BCUT2D eigenvalue weighted by atomic mass is 16.3. The number of nitrogens with zero attached hydrogens (tertiary/aromatic N) is 2. The standard InChI is InChI=1S/C50H29N3O2/c51-49(30-21-23-36-35-16-7-10-20-44(35)55-45(36)27-30)50(52-40-28-54-43-19-9-8-18-39(40)43)53-41-25-22-29-11-1-2-12-31(29)47(41)48-42(53)26-24-38-34-15-4-3-13-32(34)33-14-5-6-17-37(33)46(38)48/h1-28,51H/b51-49?,52-50+. The van der Waals surface area contributed by atoms with Crippen LogP contribution < -0.4 is 0 Å². The maximum absolute atomic E-state index is 10.1. The van der Waals surface area contributed by atoms with Crippen LogP contribution in [0.2, 0.25) is 0 Å². The number of rotatable bonds is 3. The van der Waals surface area contributed by atoms with Crippen molar-refractivity contribution in [3.05, 3.63) is 176 Å². The van der Waals surface area contributed by atoms with Crippen molar-refractivity contribution in [2.75, 3.05) is 0 Å². The smallest absolute Gasteiger partial charge is 0.164 e. The van der Waals surface area contributed by atoms with Gasteiger partial charge in [-0.1, -0.05) is 121 Å². The molecule has 3 aromatic heterocycles. The fraction of sp³-hybridized carbons (Fsp3) is 0. The van der Waals surface area contributed by atoms with Crippen LogP contribution in [-0.2, 0) is 0 Å². The summed E-state index contributed by atoms with van der Waals surface area (Å²) in [5.74, 6) is 0.488. The fourth-order valence-corrected chi connectivity index (χ4v) is 8.88. The van der Waals surface area contributed by atoms with E-state index in [1.165, 1.54) is 32.3 Å². The van der Waals surface area contributed by atoms with Gasteiger partial charge in [0, 0.05) is 37.9 Å². The van der Waals surface area contributed by atoms with Crippen LogP contribution in [0.1, 0.15) is 5.56 Å². The molecule has 0 saturated carbocycles. The highest BCUT2D eigenvalue weighted by Gasteiger charge is 2.25. The molecular formula is C50H29N3O2. The molecule has 12 aromatic rings. The molecule has 0 fully saturated rings. The summed E-state index contributed by atoms with van der Waals surface area (Å²) >= 11 is 0. The van der Waals surface area contributed by atoms with Gasteiger partial charge in [-0.05, 0) is 80.2 Å². The number of fused-ring (bicyclic) bond motifs is 16. The van der Waals surface area contributed by atoms with E-state index in [2.05, 4.69) is 114 Å². The summed E-state index contributed by atoms with van der Waals surface area (Å²) in [4.78, 5) is 5.39. The van der Waals surface area contributed by atoms with E-state index in [9.17, 15) is 5.41 Å². The number of para-hydroxylation sites is 2. The average Bonchev–Trinajstić information content (AvgIpc) is 3.94. The minimum absolute atomic E-state index is 0.267. The third kappa shape index (κ3) is 4.23. The van der Waals surface area contributed by atoms with E-state index in [0.29, 0.717) is 17.1 Å². The predicted octanol–water partition coefficient (Wildman–Crippen LogP) is 13.7. The molecule has 5 nitrogen and oxygen atoms in total. The average molecular weight is 704 g/mol. The largest absolute Gasteiger partial charge is 0.462 e. The van der Waals surface area contributed by atoms with Crippen molar-refractivity contribution in [3.63, 3.8) is 0 Å². The third-order valence-corrected chi connectivity index (χ3v) is 11.3. The molecule has 0 amide bonds. The summed E-state index contributed by atoms with van der Waals surface area (Å²) in [7, 11) is 0. The minimum Gasteiger partial charge on any atom is -0.462 e. The molecular weight excluding hydrogens is 675 g/mol. The van der Waals surface area contributed by atoms with Gasteiger partial charge in [-0.2, -0.15) is 0 Å². The van der Waals surface area contributed by atoms with Crippen LogP contribution in [0.25, 0.3) is 97.8 Å². The van der Waals surface area contributed by atoms with Crippen LogP contribution in [0.4, 0.5) is 5.69 Å². The van der Waals surface area contributed by atoms with E-state index in [4.69, 9.17) is 13.8 Å². The molecule has 3 heterocycles. The van der Waals surface area contributed by atoms with Gasteiger partial charge in [-0.3, -0.25) is 9.98 Å². The molecule has 12 rings (SSSR count). The van der Waals surface area contributed by atoms with Crippen LogP contribution >= 0.6 is 0 Å². The molecule has 9 aromatic carbocycles. The first-order chi connectivity index (χ1) is 27.2. The molecule has 5 heteroatoms. The number of furan rings is 2. The number of benzene rings is 9. The Bertz CT molecular complexity index is 3600. The van der Waals surface area contributed by atoms with E-state index in [1.807, 2.05) is 54.6 Å². The first kappa shape index (κ1) is 30.0. The van der Waals surface area contributed by atoms with Crippen LogP contribution in [0.15, 0.2) is 184 Å². The molecule has 0 unspecified atom stereocenters.